The third-order valence-electron chi connectivity index (χ3n) is 4.00. The van der Waals surface area contributed by atoms with Crippen LogP contribution in [-0.4, -0.2) is 29.4 Å². The zero-order chi connectivity index (χ0) is 16.1. The number of unbranched alkanes of at least 4 members (excludes halogenated alkanes) is 10. The topological polar surface area (TPSA) is 77.4 Å². The fourth-order valence-electron chi connectivity index (χ4n) is 2.64. The maximum absolute atomic E-state index is 11.0. The monoisotopic (exact) mass is 360 g/mol. The van der Waals surface area contributed by atoms with Gasteiger partial charge >= 0.3 is 51.4 Å². The van der Waals surface area contributed by atoms with Gasteiger partial charge < -0.3 is 9.66 Å². The molecule has 0 saturated carbocycles. The Morgan fingerprint density at radius 2 is 1.23 bits per heavy atom. The minimum Gasteiger partial charge on any atom is -0.748 e. The van der Waals surface area contributed by atoms with Crippen LogP contribution in [0.4, 0.5) is 0 Å². The molecule has 0 radical (unpaired) electrons. The number of aliphatic hydroxyl groups is 1. The van der Waals surface area contributed by atoms with Crippen LogP contribution >= 0.6 is 0 Å². The minimum absolute atomic E-state index is 0. The van der Waals surface area contributed by atoms with E-state index in [1.165, 1.54) is 58.3 Å². The van der Waals surface area contributed by atoms with Crippen LogP contribution in [0.5, 0.6) is 0 Å². The van der Waals surface area contributed by atoms with E-state index in [4.69, 9.17) is 0 Å². The Morgan fingerprint density at radius 3 is 1.55 bits per heavy atom. The quantitative estimate of drug-likeness (QED) is 0.285. The van der Waals surface area contributed by atoms with Gasteiger partial charge in [-0.1, -0.05) is 77.6 Å². The summed E-state index contributed by atoms with van der Waals surface area (Å²) in [7, 11) is -4.38. The number of hydrogen-bond acceptors (Lipinski definition) is 4. The van der Waals surface area contributed by atoms with Crippen molar-refractivity contribution in [3.63, 3.8) is 0 Å². The van der Waals surface area contributed by atoms with Crippen LogP contribution in [0.15, 0.2) is 0 Å². The summed E-state index contributed by atoms with van der Waals surface area (Å²) >= 11 is 0. The minimum atomic E-state index is -4.38. The Labute approximate surface area is 180 Å². The van der Waals surface area contributed by atoms with Crippen molar-refractivity contribution in [1.29, 1.82) is 0 Å². The molecule has 0 aromatic heterocycles. The molecule has 0 heterocycles. The summed E-state index contributed by atoms with van der Waals surface area (Å²) < 4.78 is 32.9. The largest absolute Gasteiger partial charge is 1.00 e. The molecule has 0 fully saturated rings. The third-order valence-corrected chi connectivity index (χ3v) is 5.37. The van der Waals surface area contributed by atoms with Crippen molar-refractivity contribution < 1.29 is 69.5 Å². The molecule has 4 nitrogen and oxygen atoms in total. The Hall–Kier alpha value is 1.51. The van der Waals surface area contributed by atoms with Crippen molar-refractivity contribution in [1.82, 2.24) is 0 Å². The van der Waals surface area contributed by atoms with Gasteiger partial charge in [0, 0.05) is 0 Å². The Bertz CT molecular complexity index is 331. The first kappa shape index (κ1) is 25.7. The molecular weight excluding hydrogens is 327 g/mol. The standard InChI is InChI=1S/C16H34O4S.K/c1-3-4-5-6-7-8-9-10-11-12-13-14-16(15(2)17)21(18,19)20;/h15-17H,3-14H2,1-2H3,(H,18,19,20);/q;+1/p-1. The van der Waals surface area contributed by atoms with Gasteiger partial charge in [-0.15, -0.1) is 0 Å². The SMILES string of the molecule is CCCCCCCCCCCCCC(C(C)O)S(=O)(=O)[O-].[K+]. The molecule has 0 aromatic carbocycles. The van der Waals surface area contributed by atoms with Crippen LogP contribution in [0.3, 0.4) is 0 Å². The first-order chi connectivity index (χ1) is 9.89. The molecule has 0 bridgehead atoms. The molecule has 0 aromatic rings. The van der Waals surface area contributed by atoms with Crippen molar-refractivity contribution in [2.24, 2.45) is 0 Å². The van der Waals surface area contributed by atoms with Gasteiger partial charge in [0.15, 0.2) is 0 Å². The van der Waals surface area contributed by atoms with Gasteiger partial charge in [-0.3, -0.25) is 0 Å². The van der Waals surface area contributed by atoms with Crippen LogP contribution in [0, 0.1) is 0 Å². The van der Waals surface area contributed by atoms with Crippen LogP contribution < -0.4 is 51.4 Å². The predicted octanol–water partition coefficient (Wildman–Crippen LogP) is 0.986. The first-order valence-corrected chi connectivity index (χ1v) is 9.99. The van der Waals surface area contributed by atoms with E-state index in [1.54, 1.807) is 0 Å². The molecule has 0 aliphatic carbocycles. The summed E-state index contributed by atoms with van der Waals surface area (Å²) in [4.78, 5) is 0. The smallest absolute Gasteiger partial charge is 0.748 e. The number of hydrogen-bond donors (Lipinski definition) is 1. The predicted molar refractivity (Wildman–Crippen MR) is 86.2 cm³/mol. The van der Waals surface area contributed by atoms with Crippen molar-refractivity contribution >= 4 is 10.1 Å². The fraction of sp³-hybridized carbons (Fsp3) is 1.00. The molecule has 1 N–H and O–H groups in total. The van der Waals surface area contributed by atoms with Gasteiger partial charge in [0.25, 0.3) is 0 Å². The second-order valence-corrected chi connectivity index (χ2v) is 7.69. The molecule has 0 spiro atoms. The van der Waals surface area contributed by atoms with Gasteiger partial charge in [-0.2, -0.15) is 0 Å². The Morgan fingerprint density at radius 1 is 0.864 bits per heavy atom. The van der Waals surface area contributed by atoms with Crippen molar-refractivity contribution in [2.75, 3.05) is 0 Å². The van der Waals surface area contributed by atoms with Crippen molar-refractivity contribution in [2.45, 2.75) is 102 Å². The summed E-state index contributed by atoms with van der Waals surface area (Å²) in [5.41, 5.74) is 0. The average Bonchev–Trinajstić information content (AvgIpc) is 2.38. The van der Waals surface area contributed by atoms with E-state index in [1.807, 2.05) is 0 Å². The summed E-state index contributed by atoms with van der Waals surface area (Å²) in [6.07, 6.45) is 12.3. The van der Waals surface area contributed by atoms with E-state index >= 15 is 0 Å². The number of aliphatic hydroxyl groups excluding tert-OH is 1. The van der Waals surface area contributed by atoms with E-state index in [0.29, 0.717) is 6.42 Å². The second kappa shape index (κ2) is 16.0. The molecular formula is C16H33KO4S. The van der Waals surface area contributed by atoms with Crippen LogP contribution in [0.25, 0.3) is 0 Å². The normalized spacial score (nSPS) is 14.4. The van der Waals surface area contributed by atoms with E-state index in [9.17, 15) is 18.1 Å². The maximum atomic E-state index is 11.0. The van der Waals surface area contributed by atoms with Gasteiger partial charge in [0.1, 0.15) is 10.1 Å². The van der Waals surface area contributed by atoms with Gasteiger partial charge in [-0.25, -0.2) is 8.42 Å². The summed E-state index contributed by atoms with van der Waals surface area (Å²) in [5, 5.41) is 8.19. The van der Waals surface area contributed by atoms with Crippen LogP contribution in [0.1, 0.15) is 90.9 Å². The Kier molecular flexibility index (Phi) is 18.7. The van der Waals surface area contributed by atoms with Gasteiger partial charge in [-0.05, 0) is 13.3 Å². The summed E-state index contributed by atoms with van der Waals surface area (Å²) in [5.74, 6) is 0. The van der Waals surface area contributed by atoms with Crippen molar-refractivity contribution in [3.8, 4) is 0 Å². The van der Waals surface area contributed by atoms with Gasteiger partial charge in [0.05, 0.1) is 11.4 Å². The average molecular weight is 361 g/mol. The molecule has 0 saturated heterocycles. The third kappa shape index (κ3) is 15.1. The molecule has 22 heavy (non-hydrogen) atoms. The molecule has 0 amide bonds. The zero-order valence-corrected chi connectivity index (χ0v) is 18.7. The molecule has 6 heteroatoms. The summed E-state index contributed by atoms with van der Waals surface area (Å²) in [6.45, 7) is 3.60. The van der Waals surface area contributed by atoms with Crippen LogP contribution in [0.2, 0.25) is 0 Å². The zero-order valence-electron chi connectivity index (χ0n) is 14.7. The fourth-order valence-corrected chi connectivity index (χ4v) is 3.57. The summed E-state index contributed by atoms with van der Waals surface area (Å²) in [6, 6.07) is 0. The maximum Gasteiger partial charge on any atom is 1.00 e. The van der Waals surface area contributed by atoms with E-state index in [-0.39, 0.29) is 57.8 Å². The molecule has 0 rings (SSSR count). The number of rotatable bonds is 14. The van der Waals surface area contributed by atoms with E-state index in [2.05, 4.69) is 6.92 Å². The molecule has 2 atom stereocenters. The first-order valence-electron chi connectivity index (χ1n) is 8.52. The van der Waals surface area contributed by atoms with E-state index < -0.39 is 21.5 Å². The molecule has 2 unspecified atom stereocenters. The van der Waals surface area contributed by atoms with Gasteiger partial charge in [0.2, 0.25) is 0 Å². The Balaban J connectivity index is 0. The molecule has 0 aliphatic rings. The molecule has 0 aliphatic heterocycles. The molecule has 128 valence electrons. The van der Waals surface area contributed by atoms with Crippen LogP contribution in [-0.2, 0) is 10.1 Å². The second-order valence-electron chi connectivity index (χ2n) is 6.10. The van der Waals surface area contributed by atoms with E-state index in [0.717, 1.165) is 12.8 Å². The van der Waals surface area contributed by atoms with Crippen molar-refractivity contribution in [3.05, 3.63) is 0 Å².